The van der Waals surface area contributed by atoms with Gasteiger partial charge in [0.25, 0.3) is 0 Å². The minimum Gasteiger partial charge on any atom is -0.327 e. The molecule has 3 heteroatoms. The number of nitrogens with zero attached hydrogens (tertiary/aromatic N) is 1. The van der Waals surface area contributed by atoms with Gasteiger partial charge in [0.15, 0.2) is 0 Å². The Balaban J connectivity index is 1.98. The first-order valence-corrected chi connectivity index (χ1v) is 10.5. The third-order valence-corrected chi connectivity index (χ3v) is 5.83. The van der Waals surface area contributed by atoms with E-state index < -0.39 is 8.07 Å². The SMILES string of the molecule is C[Si](C)(C)c1ccc(CN2CCC[C@@H](N)C2)cc1. The van der Waals surface area contributed by atoms with Crippen LogP contribution >= 0.6 is 0 Å². The molecule has 1 aliphatic heterocycles. The zero-order chi connectivity index (χ0) is 13.2. The molecule has 2 rings (SSSR count). The Morgan fingerprint density at radius 3 is 2.44 bits per heavy atom. The Bertz CT molecular complexity index is 380. The van der Waals surface area contributed by atoms with Crippen LogP contribution in [0.25, 0.3) is 0 Å². The van der Waals surface area contributed by atoms with Crippen LogP contribution in [0.1, 0.15) is 18.4 Å². The number of hydrogen-bond donors (Lipinski definition) is 1. The van der Waals surface area contributed by atoms with Crippen LogP contribution in [0.5, 0.6) is 0 Å². The molecule has 0 spiro atoms. The average molecular weight is 262 g/mol. The van der Waals surface area contributed by atoms with Gasteiger partial charge in [0, 0.05) is 19.1 Å². The van der Waals surface area contributed by atoms with Crippen molar-refractivity contribution in [2.45, 2.75) is 45.1 Å². The Hall–Kier alpha value is -0.643. The van der Waals surface area contributed by atoms with Crippen LogP contribution in [-0.2, 0) is 6.54 Å². The highest BCUT2D eigenvalue weighted by Crippen LogP contribution is 2.12. The maximum absolute atomic E-state index is 6.02. The second kappa shape index (κ2) is 5.55. The third kappa shape index (κ3) is 3.67. The molecule has 0 unspecified atom stereocenters. The molecular formula is C15H26N2Si. The van der Waals surface area contributed by atoms with Gasteiger partial charge in [-0.1, -0.05) is 49.1 Å². The van der Waals surface area contributed by atoms with Crippen molar-refractivity contribution in [2.24, 2.45) is 5.73 Å². The van der Waals surface area contributed by atoms with E-state index in [0.717, 1.165) is 13.1 Å². The summed E-state index contributed by atoms with van der Waals surface area (Å²) in [6.45, 7) is 10.5. The fourth-order valence-corrected chi connectivity index (χ4v) is 3.77. The molecule has 0 amide bonds. The lowest BCUT2D eigenvalue weighted by Crippen LogP contribution is -2.42. The van der Waals surface area contributed by atoms with Gasteiger partial charge in [0.2, 0.25) is 0 Å². The van der Waals surface area contributed by atoms with Gasteiger partial charge in [-0.05, 0) is 24.9 Å². The highest BCUT2D eigenvalue weighted by Gasteiger charge is 2.18. The van der Waals surface area contributed by atoms with E-state index in [2.05, 4.69) is 48.8 Å². The quantitative estimate of drug-likeness (QED) is 0.846. The van der Waals surface area contributed by atoms with Crippen LogP contribution in [0.4, 0.5) is 0 Å². The second-order valence-electron chi connectivity index (χ2n) is 6.58. The van der Waals surface area contributed by atoms with Crippen molar-refractivity contribution in [3.63, 3.8) is 0 Å². The minimum absolute atomic E-state index is 0.375. The van der Waals surface area contributed by atoms with Gasteiger partial charge in [0.05, 0.1) is 8.07 Å². The molecule has 100 valence electrons. The van der Waals surface area contributed by atoms with Gasteiger partial charge in [0.1, 0.15) is 0 Å². The molecule has 1 fully saturated rings. The molecule has 1 aliphatic rings. The predicted octanol–water partition coefficient (Wildman–Crippen LogP) is 2.15. The van der Waals surface area contributed by atoms with E-state index in [1.165, 1.54) is 24.9 Å². The molecule has 0 radical (unpaired) electrons. The van der Waals surface area contributed by atoms with E-state index in [0.29, 0.717) is 6.04 Å². The van der Waals surface area contributed by atoms with E-state index >= 15 is 0 Å². The van der Waals surface area contributed by atoms with E-state index in [1.54, 1.807) is 5.19 Å². The monoisotopic (exact) mass is 262 g/mol. The van der Waals surface area contributed by atoms with E-state index in [-0.39, 0.29) is 0 Å². The standard InChI is InChI=1S/C15H26N2Si/c1-18(2,3)15-8-6-13(7-9-15)11-17-10-4-5-14(16)12-17/h6-9,14H,4-5,10-12,16H2,1-3H3/t14-/m1/s1. The van der Waals surface area contributed by atoms with Crippen LogP contribution in [0, 0.1) is 0 Å². The third-order valence-electron chi connectivity index (χ3n) is 3.77. The summed E-state index contributed by atoms with van der Waals surface area (Å²) in [4.78, 5) is 2.48. The Morgan fingerprint density at radius 1 is 1.22 bits per heavy atom. The molecular weight excluding hydrogens is 236 g/mol. The lowest BCUT2D eigenvalue weighted by Gasteiger charge is -2.30. The van der Waals surface area contributed by atoms with Crippen molar-refractivity contribution in [3.05, 3.63) is 29.8 Å². The average Bonchev–Trinajstić information content (AvgIpc) is 2.28. The van der Waals surface area contributed by atoms with Gasteiger partial charge in [-0.2, -0.15) is 0 Å². The smallest absolute Gasteiger partial charge is 0.0775 e. The Labute approximate surface area is 112 Å². The number of nitrogens with two attached hydrogens (primary N) is 1. The first-order chi connectivity index (χ1) is 8.45. The molecule has 1 heterocycles. The van der Waals surface area contributed by atoms with Crippen molar-refractivity contribution in [1.29, 1.82) is 0 Å². The van der Waals surface area contributed by atoms with Gasteiger partial charge in [-0.15, -0.1) is 0 Å². The molecule has 2 N–H and O–H groups in total. The molecule has 0 saturated carbocycles. The second-order valence-corrected chi connectivity index (χ2v) is 11.7. The van der Waals surface area contributed by atoms with Crippen molar-refractivity contribution >= 4 is 13.3 Å². The normalized spacial score (nSPS) is 22.1. The zero-order valence-corrected chi connectivity index (χ0v) is 12.9. The van der Waals surface area contributed by atoms with Crippen molar-refractivity contribution < 1.29 is 0 Å². The molecule has 0 aromatic heterocycles. The highest BCUT2D eigenvalue weighted by molar-refractivity contribution is 6.88. The summed E-state index contributed by atoms with van der Waals surface area (Å²) >= 11 is 0. The number of benzene rings is 1. The maximum Gasteiger partial charge on any atom is 0.0775 e. The zero-order valence-electron chi connectivity index (χ0n) is 11.9. The van der Waals surface area contributed by atoms with Crippen LogP contribution in [-0.4, -0.2) is 32.1 Å². The molecule has 1 saturated heterocycles. The summed E-state index contributed by atoms with van der Waals surface area (Å²) in [5, 5.41) is 1.54. The molecule has 1 aromatic rings. The summed E-state index contributed by atoms with van der Waals surface area (Å²) < 4.78 is 0. The predicted molar refractivity (Wildman–Crippen MR) is 81.9 cm³/mol. The summed E-state index contributed by atoms with van der Waals surface area (Å²) in [5.41, 5.74) is 7.45. The number of piperidine rings is 1. The molecule has 1 atom stereocenters. The lowest BCUT2D eigenvalue weighted by atomic mass is 10.1. The van der Waals surface area contributed by atoms with Crippen molar-refractivity contribution in [1.82, 2.24) is 4.90 Å². The summed E-state index contributed by atoms with van der Waals surface area (Å²) in [6.07, 6.45) is 2.43. The number of likely N-dealkylation sites (tertiary alicyclic amines) is 1. The van der Waals surface area contributed by atoms with E-state index in [9.17, 15) is 0 Å². The summed E-state index contributed by atoms with van der Waals surface area (Å²) in [5.74, 6) is 0. The molecule has 2 nitrogen and oxygen atoms in total. The molecule has 0 aliphatic carbocycles. The lowest BCUT2D eigenvalue weighted by molar-refractivity contribution is 0.201. The fraction of sp³-hybridized carbons (Fsp3) is 0.600. The van der Waals surface area contributed by atoms with Gasteiger partial charge >= 0.3 is 0 Å². The van der Waals surface area contributed by atoms with E-state index in [1.807, 2.05) is 0 Å². The van der Waals surface area contributed by atoms with Crippen molar-refractivity contribution in [3.8, 4) is 0 Å². The van der Waals surface area contributed by atoms with Crippen LogP contribution in [0.2, 0.25) is 19.6 Å². The van der Waals surface area contributed by atoms with Crippen molar-refractivity contribution in [2.75, 3.05) is 13.1 Å². The Morgan fingerprint density at radius 2 is 1.89 bits per heavy atom. The summed E-state index contributed by atoms with van der Waals surface area (Å²) in [6, 6.07) is 9.62. The fourth-order valence-electron chi connectivity index (χ4n) is 2.60. The number of hydrogen-bond acceptors (Lipinski definition) is 2. The van der Waals surface area contributed by atoms with Crippen LogP contribution < -0.4 is 10.9 Å². The van der Waals surface area contributed by atoms with Gasteiger partial charge in [-0.25, -0.2) is 0 Å². The largest absolute Gasteiger partial charge is 0.327 e. The first kappa shape index (κ1) is 13.8. The molecule has 18 heavy (non-hydrogen) atoms. The highest BCUT2D eigenvalue weighted by atomic mass is 28.3. The topological polar surface area (TPSA) is 29.3 Å². The summed E-state index contributed by atoms with van der Waals surface area (Å²) in [7, 11) is -1.15. The molecule has 0 bridgehead atoms. The van der Waals surface area contributed by atoms with Crippen LogP contribution in [0.3, 0.4) is 0 Å². The maximum atomic E-state index is 6.02. The van der Waals surface area contributed by atoms with E-state index in [4.69, 9.17) is 5.73 Å². The molecule has 1 aromatic carbocycles. The first-order valence-electron chi connectivity index (χ1n) is 7.02. The number of rotatable bonds is 3. The van der Waals surface area contributed by atoms with Gasteiger partial charge < -0.3 is 5.73 Å². The minimum atomic E-state index is -1.15. The van der Waals surface area contributed by atoms with Gasteiger partial charge in [-0.3, -0.25) is 4.90 Å². The Kier molecular flexibility index (Phi) is 4.25. The van der Waals surface area contributed by atoms with Crippen LogP contribution in [0.15, 0.2) is 24.3 Å².